The van der Waals surface area contributed by atoms with Crippen LogP contribution in [0.1, 0.15) is 18.9 Å². The monoisotopic (exact) mass is 295 g/mol. The van der Waals surface area contributed by atoms with E-state index in [0.29, 0.717) is 18.9 Å². The molecule has 4 N–H and O–H groups in total. The Morgan fingerprint density at radius 3 is 2.95 bits per heavy atom. The third-order valence-electron chi connectivity index (χ3n) is 3.65. The molecule has 21 heavy (non-hydrogen) atoms. The van der Waals surface area contributed by atoms with Gasteiger partial charge in [-0.2, -0.15) is 0 Å². The number of anilines is 1. The number of rotatable bonds is 4. The topological polar surface area (TPSA) is 138 Å². The Kier molecular flexibility index (Phi) is 4.22. The first-order valence-electron chi connectivity index (χ1n) is 6.49. The average Bonchev–Trinajstić information content (AvgIpc) is 2.95. The maximum atomic E-state index is 10.8. The number of oxime groups is 1. The summed E-state index contributed by atoms with van der Waals surface area (Å²) in [6.45, 7) is 2.93. The zero-order chi connectivity index (χ0) is 15.6. The van der Waals surface area contributed by atoms with Gasteiger partial charge in [-0.05, 0) is 13.3 Å². The van der Waals surface area contributed by atoms with E-state index in [1.807, 2.05) is 4.90 Å². The van der Waals surface area contributed by atoms with Gasteiger partial charge in [-0.25, -0.2) is 4.98 Å². The smallest absolute Gasteiger partial charge is 0.288 e. The molecule has 0 aromatic carbocycles. The first kappa shape index (κ1) is 15.0. The molecule has 0 bridgehead atoms. The third-order valence-corrected chi connectivity index (χ3v) is 3.65. The molecule has 9 heteroatoms. The Labute approximate surface area is 120 Å². The molecular weight excluding hydrogens is 278 g/mol. The van der Waals surface area contributed by atoms with Gasteiger partial charge in [0, 0.05) is 25.1 Å². The lowest BCUT2D eigenvalue weighted by Gasteiger charge is -2.20. The number of pyridine rings is 1. The van der Waals surface area contributed by atoms with E-state index in [9.17, 15) is 15.2 Å². The molecule has 1 aromatic rings. The molecule has 2 rings (SSSR count). The number of aliphatic hydroxyl groups is 1. The number of hydrogen-bond donors (Lipinski definition) is 3. The normalized spacial score (nSPS) is 20.6. The van der Waals surface area contributed by atoms with Crippen molar-refractivity contribution in [1.82, 2.24) is 4.98 Å². The number of aromatic nitrogens is 1. The summed E-state index contributed by atoms with van der Waals surface area (Å²) in [6.07, 6.45) is 1.48. The Morgan fingerprint density at radius 1 is 1.71 bits per heavy atom. The number of amidine groups is 1. The highest BCUT2D eigenvalue weighted by atomic mass is 16.6. The SMILES string of the molecule is CC(O)C1CCN(c2ncc([N+](=O)[O-])cc2C(N)=NO)C1. The van der Waals surface area contributed by atoms with Crippen molar-refractivity contribution in [3.8, 4) is 0 Å². The third kappa shape index (κ3) is 3.02. The van der Waals surface area contributed by atoms with Crippen LogP contribution in [0.5, 0.6) is 0 Å². The van der Waals surface area contributed by atoms with E-state index in [1.54, 1.807) is 6.92 Å². The summed E-state index contributed by atoms with van der Waals surface area (Å²) in [7, 11) is 0. The van der Waals surface area contributed by atoms with Crippen LogP contribution in [0.4, 0.5) is 11.5 Å². The summed E-state index contributed by atoms with van der Waals surface area (Å²) in [5.41, 5.74) is 5.56. The summed E-state index contributed by atoms with van der Waals surface area (Å²) >= 11 is 0. The highest BCUT2D eigenvalue weighted by Gasteiger charge is 2.29. The lowest BCUT2D eigenvalue weighted by Crippen LogP contribution is -2.27. The van der Waals surface area contributed by atoms with E-state index in [4.69, 9.17) is 10.9 Å². The molecule has 1 aliphatic heterocycles. The summed E-state index contributed by atoms with van der Waals surface area (Å²) < 4.78 is 0. The minimum absolute atomic E-state index is 0.0992. The second-order valence-corrected chi connectivity index (χ2v) is 5.04. The van der Waals surface area contributed by atoms with Crippen molar-refractivity contribution in [3.05, 3.63) is 27.9 Å². The molecule has 1 aliphatic rings. The minimum atomic E-state index is -0.590. The van der Waals surface area contributed by atoms with Crippen molar-refractivity contribution < 1.29 is 15.2 Å². The number of nitrogens with zero attached hydrogens (tertiary/aromatic N) is 4. The molecular formula is C12H17N5O4. The van der Waals surface area contributed by atoms with Gasteiger partial charge in [0.2, 0.25) is 0 Å². The quantitative estimate of drug-likeness (QED) is 0.238. The van der Waals surface area contributed by atoms with Gasteiger partial charge in [0.15, 0.2) is 5.84 Å². The maximum Gasteiger partial charge on any atom is 0.288 e. The van der Waals surface area contributed by atoms with E-state index in [0.717, 1.165) is 12.6 Å². The fourth-order valence-corrected chi connectivity index (χ4v) is 2.41. The largest absolute Gasteiger partial charge is 0.409 e. The van der Waals surface area contributed by atoms with E-state index in [2.05, 4.69) is 10.1 Å². The van der Waals surface area contributed by atoms with Crippen LogP contribution in [0.3, 0.4) is 0 Å². The van der Waals surface area contributed by atoms with Gasteiger partial charge in [-0.3, -0.25) is 10.1 Å². The molecule has 1 aromatic heterocycles. The first-order valence-corrected chi connectivity index (χ1v) is 6.49. The van der Waals surface area contributed by atoms with Crippen LogP contribution in [0, 0.1) is 16.0 Å². The zero-order valence-corrected chi connectivity index (χ0v) is 11.5. The van der Waals surface area contributed by atoms with Crippen molar-refractivity contribution in [1.29, 1.82) is 0 Å². The molecule has 0 radical (unpaired) electrons. The Bertz CT molecular complexity index is 575. The van der Waals surface area contributed by atoms with Crippen LogP contribution in [-0.2, 0) is 0 Å². The van der Waals surface area contributed by atoms with Crippen molar-refractivity contribution in [2.45, 2.75) is 19.4 Å². The average molecular weight is 295 g/mol. The van der Waals surface area contributed by atoms with E-state index in [-0.39, 0.29) is 23.0 Å². The van der Waals surface area contributed by atoms with Crippen molar-refractivity contribution in [2.24, 2.45) is 16.8 Å². The minimum Gasteiger partial charge on any atom is -0.409 e. The zero-order valence-electron chi connectivity index (χ0n) is 11.5. The standard InChI is InChI=1S/C12H17N5O4/c1-7(18)8-2-3-16(6-8)12-10(11(13)15-19)4-9(5-14-12)17(20)21/h4-5,7-8,18-19H,2-3,6H2,1H3,(H2,13,15). The predicted molar refractivity (Wildman–Crippen MR) is 75.4 cm³/mol. The van der Waals surface area contributed by atoms with Crippen LogP contribution in [0.2, 0.25) is 0 Å². The highest BCUT2D eigenvalue weighted by Crippen LogP contribution is 2.28. The van der Waals surface area contributed by atoms with Crippen molar-refractivity contribution >= 4 is 17.3 Å². The van der Waals surface area contributed by atoms with Gasteiger partial charge < -0.3 is 20.9 Å². The molecule has 0 saturated carbocycles. The lowest BCUT2D eigenvalue weighted by atomic mass is 10.0. The second kappa shape index (κ2) is 5.92. The molecule has 114 valence electrons. The molecule has 2 heterocycles. The number of aliphatic hydroxyl groups excluding tert-OH is 1. The van der Waals surface area contributed by atoms with Gasteiger partial charge in [-0.1, -0.05) is 5.16 Å². The predicted octanol–water partition coefficient (Wildman–Crippen LogP) is 0.291. The van der Waals surface area contributed by atoms with Crippen LogP contribution >= 0.6 is 0 Å². The molecule has 2 unspecified atom stereocenters. The summed E-state index contributed by atoms with van der Waals surface area (Å²) in [4.78, 5) is 16.2. The number of hydrogen-bond acceptors (Lipinski definition) is 7. The van der Waals surface area contributed by atoms with Gasteiger partial charge in [0.1, 0.15) is 12.0 Å². The molecule has 1 saturated heterocycles. The number of nitrogens with two attached hydrogens (primary N) is 1. The fraction of sp³-hybridized carbons (Fsp3) is 0.500. The molecule has 1 fully saturated rings. The van der Waals surface area contributed by atoms with Gasteiger partial charge >= 0.3 is 0 Å². The van der Waals surface area contributed by atoms with Gasteiger partial charge in [-0.15, -0.1) is 0 Å². The summed E-state index contributed by atoms with van der Waals surface area (Å²) in [5.74, 6) is 0.280. The van der Waals surface area contributed by atoms with Crippen LogP contribution in [0.15, 0.2) is 17.4 Å². The van der Waals surface area contributed by atoms with Gasteiger partial charge in [0.05, 0.1) is 16.6 Å². The number of nitro groups is 1. The summed E-state index contributed by atoms with van der Waals surface area (Å²) in [6, 6.07) is 1.23. The lowest BCUT2D eigenvalue weighted by molar-refractivity contribution is -0.385. The van der Waals surface area contributed by atoms with Crippen LogP contribution < -0.4 is 10.6 Å². The molecule has 9 nitrogen and oxygen atoms in total. The van der Waals surface area contributed by atoms with E-state index in [1.165, 1.54) is 6.07 Å². The van der Waals surface area contributed by atoms with Crippen LogP contribution in [0.25, 0.3) is 0 Å². The van der Waals surface area contributed by atoms with Crippen molar-refractivity contribution in [3.63, 3.8) is 0 Å². The summed E-state index contributed by atoms with van der Waals surface area (Å²) in [5, 5.41) is 32.2. The van der Waals surface area contributed by atoms with Gasteiger partial charge in [0.25, 0.3) is 5.69 Å². The van der Waals surface area contributed by atoms with Crippen LogP contribution in [-0.4, -0.2) is 45.3 Å². The van der Waals surface area contributed by atoms with Crippen molar-refractivity contribution in [2.75, 3.05) is 18.0 Å². The first-order chi connectivity index (χ1) is 9.93. The Morgan fingerprint density at radius 2 is 2.43 bits per heavy atom. The highest BCUT2D eigenvalue weighted by molar-refractivity contribution is 6.02. The fourth-order valence-electron chi connectivity index (χ4n) is 2.41. The maximum absolute atomic E-state index is 10.8. The molecule has 0 amide bonds. The molecule has 2 atom stereocenters. The Balaban J connectivity index is 2.37. The molecule has 0 aliphatic carbocycles. The van der Waals surface area contributed by atoms with E-state index < -0.39 is 11.0 Å². The van der Waals surface area contributed by atoms with E-state index >= 15 is 0 Å². The molecule has 0 spiro atoms. The second-order valence-electron chi connectivity index (χ2n) is 5.04. The Hall–Kier alpha value is -2.42.